The van der Waals surface area contributed by atoms with Gasteiger partial charge in [0.2, 0.25) is 0 Å². The third kappa shape index (κ3) is 8.39. The van der Waals surface area contributed by atoms with E-state index < -0.39 is 17.5 Å². The molecule has 4 atom stereocenters. The summed E-state index contributed by atoms with van der Waals surface area (Å²) in [6.07, 6.45) is 9.25. The van der Waals surface area contributed by atoms with Crippen LogP contribution in [0.3, 0.4) is 0 Å². The molecule has 0 radical (unpaired) electrons. The van der Waals surface area contributed by atoms with Crippen molar-refractivity contribution in [2.45, 2.75) is 89.3 Å². The van der Waals surface area contributed by atoms with Gasteiger partial charge in [-0.25, -0.2) is 4.39 Å². The number of carbonyl (C=O) groups excluding carboxylic acids is 2. The molecule has 5 nitrogen and oxygen atoms in total. The van der Waals surface area contributed by atoms with Gasteiger partial charge in [-0.2, -0.15) is 0 Å². The Labute approximate surface area is 174 Å². The molecule has 1 fully saturated rings. The monoisotopic (exact) mass is 412 g/mol. The Hall–Kier alpha value is -1.53. The topological polar surface area (TPSA) is 83.8 Å². The Bertz CT molecular complexity index is 574. The molecule has 1 saturated carbocycles. The molecule has 1 aliphatic carbocycles. The molecular weight excluding hydrogens is 375 g/mol. The predicted octanol–water partition coefficient (Wildman–Crippen LogP) is 4.42. The summed E-state index contributed by atoms with van der Waals surface area (Å²) in [6, 6.07) is 0. The van der Waals surface area contributed by atoms with Crippen molar-refractivity contribution in [3.05, 3.63) is 24.6 Å². The molecule has 166 valence electrons. The quantitative estimate of drug-likeness (QED) is 0.251. The lowest BCUT2D eigenvalue weighted by Crippen LogP contribution is -2.28. The largest absolute Gasteiger partial charge is 0.469 e. The van der Waals surface area contributed by atoms with Gasteiger partial charge in [0.15, 0.2) is 0 Å². The molecule has 0 amide bonds. The number of ether oxygens (including phenoxy) is 1. The summed E-state index contributed by atoms with van der Waals surface area (Å²) >= 11 is 0. The third-order valence-corrected chi connectivity index (χ3v) is 5.87. The number of halogens is 1. The maximum atomic E-state index is 13.7. The van der Waals surface area contributed by atoms with Crippen LogP contribution in [0.5, 0.6) is 0 Å². The van der Waals surface area contributed by atoms with E-state index in [0.29, 0.717) is 25.7 Å². The summed E-state index contributed by atoms with van der Waals surface area (Å²) in [4.78, 5) is 23.4. The summed E-state index contributed by atoms with van der Waals surface area (Å²) in [5.74, 6) is -1.46. The first-order chi connectivity index (χ1) is 13.7. The first-order valence-electron chi connectivity index (χ1n) is 10.8. The molecule has 1 rings (SSSR count). The van der Waals surface area contributed by atoms with Crippen LogP contribution in [-0.4, -0.2) is 40.8 Å². The molecule has 1 aliphatic rings. The van der Waals surface area contributed by atoms with Gasteiger partial charge in [-0.15, -0.1) is 0 Å². The van der Waals surface area contributed by atoms with E-state index >= 15 is 0 Å². The summed E-state index contributed by atoms with van der Waals surface area (Å²) in [5.41, 5.74) is -1.59. The highest BCUT2D eigenvalue weighted by atomic mass is 19.1. The Morgan fingerprint density at radius 3 is 2.62 bits per heavy atom. The number of aliphatic hydroxyl groups excluding tert-OH is 1. The average molecular weight is 413 g/mol. The molecule has 0 spiro atoms. The minimum atomic E-state index is -1.59. The number of methoxy groups -OCH3 is 1. The lowest BCUT2D eigenvalue weighted by molar-refractivity contribution is -0.140. The predicted molar refractivity (Wildman–Crippen MR) is 111 cm³/mol. The molecule has 6 heteroatoms. The molecule has 0 aromatic carbocycles. The number of rotatable bonds is 14. The second kappa shape index (κ2) is 12.9. The number of unbranched alkanes of at least 4 members (excludes halogenated alkanes) is 4. The van der Waals surface area contributed by atoms with Gasteiger partial charge in [0.05, 0.1) is 13.2 Å². The van der Waals surface area contributed by atoms with Crippen LogP contribution in [0.15, 0.2) is 24.6 Å². The summed E-state index contributed by atoms with van der Waals surface area (Å²) in [5, 5.41) is 20.7. The van der Waals surface area contributed by atoms with Crippen LogP contribution in [0.2, 0.25) is 0 Å². The second-order valence-electron chi connectivity index (χ2n) is 8.12. The van der Waals surface area contributed by atoms with Crippen LogP contribution >= 0.6 is 0 Å². The van der Waals surface area contributed by atoms with Crippen molar-refractivity contribution in [2.24, 2.45) is 11.8 Å². The molecule has 0 heterocycles. The van der Waals surface area contributed by atoms with Crippen molar-refractivity contribution in [2.75, 3.05) is 7.11 Å². The van der Waals surface area contributed by atoms with Crippen LogP contribution in [0.1, 0.15) is 77.6 Å². The average Bonchev–Trinajstić information content (AvgIpc) is 2.95. The molecule has 0 aromatic heterocycles. The van der Waals surface area contributed by atoms with Gasteiger partial charge in [0.25, 0.3) is 0 Å². The molecule has 0 aromatic rings. The van der Waals surface area contributed by atoms with E-state index in [4.69, 9.17) is 0 Å². The molecule has 1 unspecified atom stereocenters. The summed E-state index contributed by atoms with van der Waals surface area (Å²) in [7, 11) is 1.38. The highest BCUT2D eigenvalue weighted by molar-refractivity contribution is 5.84. The van der Waals surface area contributed by atoms with Crippen LogP contribution < -0.4 is 0 Å². The zero-order valence-electron chi connectivity index (χ0n) is 17.9. The fourth-order valence-electron chi connectivity index (χ4n) is 3.92. The van der Waals surface area contributed by atoms with Gasteiger partial charge >= 0.3 is 5.97 Å². The van der Waals surface area contributed by atoms with E-state index in [-0.39, 0.29) is 36.4 Å². The fraction of sp³-hybridized carbons (Fsp3) is 0.739. The highest BCUT2D eigenvalue weighted by Gasteiger charge is 2.39. The Balaban J connectivity index is 2.54. The van der Waals surface area contributed by atoms with Crippen LogP contribution in [-0.2, 0) is 14.3 Å². The number of hydrogen-bond acceptors (Lipinski definition) is 5. The number of Topliss-reactive ketones (excluding diaryl/α,β-unsaturated/α-hetero) is 1. The molecule has 0 saturated heterocycles. The van der Waals surface area contributed by atoms with Gasteiger partial charge in [-0.1, -0.05) is 57.8 Å². The van der Waals surface area contributed by atoms with Crippen molar-refractivity contribution in [1.29, 1.82) is 0 Å². The van der Waals surface area contributed by atoms with E-state index in [1.54, 1.807) is 12.2 Å². The van der Waals surface area contributed by atoms with Gasteiger partial charge in [-0.3, -0.25) is 9.59 Å². The normalized spacial score (nSPS) is 24.0. The number of ketones is 1. The molecule has 0 aliphatic heterocycles. The standard InChI is InChI=1S/C23H37FO5/c1-4-5-14-23(28,17(2)24)15-10-12-19-18(20(25)16-21(19)26)11-8-6-7-9-13-22(27)29-3/h10,12,18-19,21,26,28H,2,4-9,11,13-16H2,1,3H3/t18-,19-,21-,23?/m1/s1. The maximum Gasteiger partial charge on any atom is 0.305 e. The van der Waals surface area contributed by atoms with Crippen molar-refractivity contribution in [3.8, 4) is 0 Å². The van der Waals surface area contributed by atoms with Gasteiger partial charge < -0.3 is 14.9 Å². The van der Waals surface area contributed by atoms with E-state index in [9.17, 15) is 24.2 Å². The Kier molecular flexibility index (Phi) is 11.4. The highest BCUT2D eigenvalue weighted by Crippen LogP contribution is 2.35. The van der Waals surface area contributed by atoms with Crippen molar-refractivity contribution in [1.82, 2.24) is 0 Å². The Morgan fingerprint density at radius 2 is 2.00 bits per heavy atom. The number of aliphatic hydroxyl groups is 2. The van der Waals surface area contributed by atoms with Crippen molar-refractivity contribution >= 4 is 11.8 Å². The van der Waals surface area contributed by atoms with Crippen molar-refractivity contribution < 1.29 is 28.9 Å². The van der Waals surface area contributed by atoms with E-state index in [0.717, 1.165) is 32.1 Å². The summed E-state index contributed by atoms with van der Waals surface area (Å²) in [6.45, 7) is 5.24. The second-order valence-corrected chi connectivity index (χ2v) is 8.12. The number of carbonyl (C=O) groups is 2. The van der Waals surface area contributed by atoms with Crippen LogP contribution in [0, 0.1) is 11.8 Å². The minimum absolute atomic E-state index is 0.0536. The third-order valence-electron chi connectivity index (χ3n) is 5.87. The lowest BCUT2D eigenvalue weighted by atomic mass is 9.87. The van der Waals surface area contributed by atoms with Gasteiger partial charge in [0, 0.05) is 31.1 Å². The molecule has 29 heavy (non-hydrogen) atoms. The van der Waals surface area contributed by atoms with E-state index in [1.165, 1.54) is 7.11 Å². The van der Waals surface area contributed by atoms with Crippen molar-refractivity contribution in [3.63, 3.8) is 0 Å². The zero-order chi connectivity index (χ0) is 21.9. The fourth-order valence-corrected chi connectivity index (χ4v) is 3.92. The molecule has 2 N–H and O–H groups in total. The molecular formula is C23H37FO5. The minimum Gasteiger partial charge on any atom is -0.469 e. The first kappa shape index (κ1) is 25.5. The number of hydrogen-bond donors (Lipinski definition) is 2. The van der Waals surface area contributed by atoms with E-state index in [2.05, 4.69) is 11.3 Å². The smallest absolute Gasteiger partial charge is 0.305 e. The molecule has 0 bridgehead atoms. The lowest BCUT2D eigenvalue weighted by Gasteiger charge is -2.25. The maximum absolute atomic E-state index is 13.7. The first-order valence-corrected chi connectivity index (χ1v) is 10.8. The Morgan fingerprint density at radius 1 is 1.31 bits per heavy atom. The van der Waals surface area contributed by atoms with Gasteiger partial charge in [-0.05, 0) is 19.3 Å². The van der Waals surface area contributed by atoms with Gasteiger partial charge in [0.1, 0.15) is 17.2 Å². The zero-order valence-corrected chi connectivity index (χ0v) is 17.9. The van der Waals surface area contributed by atoms with Crippen LogP contribution in [0.4, 0.5) is 4.39 Å². The summed E-state index contributed by atoms with van der Waals surface area (Å²) < 4.78 is 18.3. The SMILES string of the molecule is C=C(F)C(O)(CC=C[C@H]1[C@H](O)CC(=O)[C@@H]1CCCCCCC(=O)OC)CCCC. The number of esters is 1. The van der Waals surface area contributed by atoms with E-state index in [1.807, 2.05) is 6.92 Å². The van der Waals surface area contributed by atoms with Crippen LogP contribution in [0.25, 0.3) is 0 Å².